The van der Waals surface area contributed by atoms with E-state index in [4.69, 9.17) is 0 Å². The molecule has 1 aromatic rings. The van der Waals surface area contributed by atoms with Crippen molar-refractivity contribution in [3.05, 3.63) is 34.9 Å². The highest BCUT2D eigenvalue weighted by molar-refractivity contribution is 7.99. The molecular formula is C13H19NS. The summed E-state index contributed by atoms with van der Waals surface area (Å²) in [4.78, 5) is 0. The van der Waals surface area contributed by atoms with Gasteiger partial charge in [-0.2, -0.15) is 11.8 Å². The zero-order valence-electron chi connectivity index (χ0n) is 9.71. The lowest BCUT2D eigenvalue weighted by Gasteiger charge is -2.32. The van der Waals surface area contributed by atoms with E-state index in [1.807, 2.05) is 0 Å². The van der Waals surface area contributed by atoms with E-state index >= 15 is 0 Å². The molecule has 1 N–H and O–H groups in total. The van der Waals surface area contributed by atoms with E-state index < -0.39 is 0 Å². The van der Waals surface area contributed by atoms with Crippen LogP contribution >= 0.6 is 11.8 Å². The van der Waals surface area contributed by atoms with Gasteiger partial charge in [0.1, 0.15) is 0 Å². The van der Waals surface area contributed by atoms with Crippen LogP contribution in [0.15, 0.2) is 18.2 Å². The Morgan fingerprint density at radius 2 is 2.27 bits per heavy atom. The van der Waals surface area contributed by atoms with Crippen molar-refractivity contribution < 1.29 is 0 Å². The molecule has 1 nitrogen and oxygen atoms in total. The minimum absolute atomic E-state index is 0.531. The first kappa shape index (κ1) is 11.0. The first-order chi connectivity index (χ1) is 7.24. The van der Waals surface area contributed by atoms with E-state index in [-0.39, 0.29) is 0 Å². The van der Waals surface area contributed by atoms with Crippen LogP contribution in [0.1, 0.15) is 36.6 Å². The molecule has 0 fully saturated rings. The minimum Gasteiger partial charge on any atom is -0.309 e. The normalized spacial score (nSPS) is 25.0. The Bertz CT molecular complexity index is 348. The number of hydrogen-bond acceptors (Lipinski definition) is 2. The van der Waals surface area contributed by atoms with Crippen LogP contribution in [-0.2, 0) is 5.75 Å². The summed E-state index contributed by atoms with van der Waals surface area (Å²) in [6.45, 7) is 7.77. The summed E-state index contributed by atoms with van der Waals surface area (Å²) >= 11 is 2.06. The van der Waals surface area contributed by atoms with Crippen LogP contribution in [0.4, 0.5) is 0 Å². The molecule has 0 radical (unpaired) electrons. The van der Waals surface area contributed by atoms with Crippen LogP contribution in [0.3, 0.4) is 0 Å². The summed E-state index contributed by atoms with van der Waals surface area (Å²) in [5.41, 5.74) is 4.50. The maximum atomic E-state index is 3.60. The molecule has 1 aliphatic rings. The molecule has 1 heterocycles. The SMILES string of the molecule is CCNC1c2cccc(C)c2CSC1C. The Morgan fingerprint density at radius 1 is 1.47 bits per heavy atom. The molecule has 0 amide bonds. The number of thioether (sulfide) groups is 1. The fourth-order valence-corrected chi connectivity index (χ4v) is 3.53. The minimum atomic E-state index is 0.531. The third-order valence-corrected chi connectivity index (χ3v) is 4.42. The van der Waals surface area contributed by atoms with Gasteiger partial charge < -0.3 is 5.32 Å². The second-order valence-corrected chi connectivity index (χ2v) is 5.56. The number of fused-ring (bicyclic) bond motifs is 1. The molecule has 0 spiro atoms. The molecule has 1 aromatic carbocycles. The topological polar surface area (TPSA) is 12.0 Å². The molecule has 0 aliphatic carbocycles. The molecule has 0 aromatic heterocycles. The van der Waals surface area contributed by atoms with Crippen LogP contribution in [0.2, 0.25) is 0 Å². The van der Waals surface area contributed by atoms with E-state index in [0.717, 1.165) is 6.54 Å². The van der Waals surface area contributed by atoms with Crippen molar-refractivity contribution >= 4 is 11.8 Å². The lowest BCUT2D eigenvalue weighted by atomic mass is 9.95. The highest BCUT2D eigenvalue weighted by Gasteiger charge is 2.26. The Balaban J connectivity index is 2.39. The van der Waals surface area contributed by atoms with Gasteiger partial charge in [0.25, 0.3) is 0 Å². The number of hydrogen-bond donors (Lipinski definition) is 1. The molecule has 82 valence electrons. The second-order valence-electron chi connectivity index (χ2n) is 4.19. The van der Waals surface area contributed by atoms with Crippen molar-refractivity contribution in [2.75, 3.05) is 6.54 Å². The van der Waals surface area contributed by atoms with Gasteiger partial charge in [0, 0.05) is 17.0 Å². The molecule has 2 atom stereocenters. The third-order valence-electron chi connectivity index (χ3n) is 3.17. The summed E-state index contributed by atoms with van der Waals surface area (Å²) in [7, 11) is 0. The summed E-state index contributed by atoms with van der Waals surface area (Å²) in [5.74, 6) is 1.17. The molecule has 1 aliphatic heterocycles. The lowest BCUT2D eigenvalue weighted by Crippen LogP contribution is -2.32. The predicted molar refractivity (Wildman–Crippen MR) is 68.4 cm³/mol. The van der Waals surface area contributed by atoms with Crippen molar-refractivity contribution in [3.8, 4) is 0 Å². The van der Waals surface area contributed by atoms with Crippen LogP contribution in [0, 0.1) is 6.92 Å². The van der Waals surface area contributed by atoms with Gasteiger partial charge in [-0.3, -0.25) is 0 Å². The second kappa shape index (κ2) is 4.58. The lowest BCUT2D eigenvalue weighted by molar-refractivity contribution is 0.539. The van der Waals surface area contributed by atoms with Gasteiger partial charge in [0.05, 0.1) is 0 Å². The highest BCUT2D eigenvalue weighted by atomic mass is 32.2. The first-order valence-electron chi connectivity index (χ1n) is 5.67. The molecule has 0 saturated heterocycles. The van der Waals surface area contributed by atoms with Gasteiger partial charge in [-0.25, -0.2) is 0 Å². The van der Waals surface area contributed by atoms with Gasteiger partial charge in [-0.05, 0) is 30.2 Å². The molecule has 15 heavy (non-hydrogen) atoms. The van der Waals surface area contributed by atoms with E-state index in [2.05, 4.69) is 56.0 Å². The van der Waals surface area contributed by atoms with Crippen molar-refractivity contribution in [1.29, 1.82) is 0 Å². The molecule has 2 unspecified atom stereocenters. The number of rotatable bonds is 2. The maximum Gasteiger partial charge on any atom is 0.0441 e. The van der Waals surface area contributed by atoms with E-state index in [9.17, 15) is 0 Å². The average molecular weight is 221 g/mol. The van der Waals surface area contributed by atoms with Gasteiger partial charge in [0.2, 0.25) is 0 Å². The summed E-state index contributed by atoms with van der Waals surface area (Å²) in [6.07, 6.45) is 0. The smallest absolute Gasteiger partial charge is 0.0441 e. The maximum absolute atomic E-state index is 3.60. The van der Waals surface area contributed by atoms with E-state index in [1.165, 1.54) is 16.9 Å². The number of nitrogens with one attached hydrogen (secondary N) is 1. The van der Waals surface area contributed by atoms with Gasteiger partial charge >= 0.3 is 0 Å². The number of aryl methyl sites for hydroxylation is 1. The average Bonchev–Trinajstić information content (AvgIpc) is 2.23. The Labute approximate surface area is 96.7 Å². The van der Waals surface area contributed by atoms with E-state index in [1.54, 1.807) is 5.56 Å². The first-order valence-corrected chi connectivity index (χ1v) is 6.72. The zero-order chi connectivity index (χ0) is 10.8. The summed E-state index contributed by atoms with van der Waals surface area (Å²) < 4.78 is 0. The van der Waals surface area contributed by atoms with Crippen molar-refractivity contribution in [3.63, 3.8) is 0 Å². The monoisotopic (exact) mass is 221 g/mol. The van der Waals surface area contributed by atoms with Crippen molar-refractivity contribution in [2.24, 2.45) is 0 Å². The van der Waals surface area contributed by atoms with Gasteiger partial charge in [-0.15, -0.1) is 0 Å². The highest BCUT2D eigenvalue weighted by Crippen LogP contribution is 2.38. The third kappa shape index (κ3) is 2.06. The van der Waals surface area contributed by atoms with Crippen LogP contribution in [-0.4, -0.2) is 11.8 Å². The molecule has 0 bridgehead atoms. The van der Waals surface area contributed by atoms with Crippen LogP contribution < -0.4 is 5.32 Å². The fraction of sp³-hybridized carbons (Fsp3) is 0.538. The summed E-state index contributed by atoms with van der Waals surface area (Å²) in [6, 6.07) is 7.22. The summed E-state index contributed by atoms with van der Waals surface area (Å²) in [5, 5.41) is 4.28. The molecule has 2 heteroatoms. The zero-order valence-corrected chi connectivity index (χ0v) is 10.5. The van der Waals surface area contributed by atoms with Crippen molar-refractivity contribution in [1.82, 2.24) is 5.32 Å². The van der Waals surface area contributed by atoms with Gasteiger partial charge in [0.15, 0.2) is 0 Å². The Kier molecular flexibility index (Phi) is 3.37. The van der Waals surface area contributed by atoms with Crippen LogP contribution in [0.25, 0.3) is 0 Å². The Hall–Kier alpha value is -0.470. The largest absolute Gasteiger partial charge is 0.309 e. The fourth-order valence-electron chi connectivity index (χ4n) is 2.27. The van der Waals surface area contributed by atoms with Crippen LogP contribution in [0.5, 0.6) is 0 Å². The quantitative estimate of drug-likeness (QED) is 0.822. The Morgan fingerprint density at radius 3 is 3.00 bits per heavy atom. The number of benzene rings is 1. The van der Waals surface area contributed by atoms with Crippen molar-refractivity contribution in [2.45, 2.75) is 37.8 Å². The molecular weight excluding hydrogens is 202 g/mol. The van der Waals surface area contributed by atoms with Gasteiger partial charge in [-0.1, -0.05) is 32.0 Å². The predicted octanol–water partition coefficient (Wildman–Crippen LogP) is 3.28. The standard InChI is InChI=1S/C13H19NS/c1-4-14-13-10(3)15-8-12-9(2)6-5-7-11(12)13/h5-7,10,13-14H,4,8H2,1-3H3. The molecule has 2 rings (SSSR count). The van der Waals surface area contributed by atoms with E-state index in [0.29, 0.717) is 11.3 Å². The molecule has 0 saturated carbocycles.